The number of amides is 1. The van der Waals surface area contributed by atoms with Crippen LogP contribution in [0.4, 0.5) is 0 Å². The maximum Gasteiger partial charge on any atom is 0.230 e. The fourth-order valence-electron chi connectivity index (χ4n) is 6.37. The molecule has 1 heterocycles. The molecular weight excluding hydrogens is 368 g/mol. The molecule has 1 aliphatic heterocycles. The number of benzene rings is 2. The lowest BCUT2D eigenvalue weighted by Gasteiger charge is -2.38. The first kappa shape index (κ1) is 19.8. The lowest BCUT2D eigenvalue weighted by atomic mass is 9.68. The first-order valence-electron chi connectivity index (χ1n) is 11.9. The maximum absolute atomic E-state index is 13.7. The molecule has 158 valence electrons. The zero-order valence-corrected chi connectivity index (χ0v) is 17.9. The summed E-state index contributed by atoms with van der Waals surface area (Å²) in [6, 6.07) is 21.7. The zero-order chi connectivity index (χ0) is 20.4. The highest BCUT2D eigenvalue weighted by Crippen LogP contribution is 2.42. The minimum Gasteiger partial charge on any atom is -0.352 e. The van der Waals surface area contributed by atoms with Crippen LogP contribution >= 0.6 is 0 Å². The molecule has 30 heavy (non-hydrogen) atoms. The molecule has 3 heteroatoms. The van der Waals surface area contributed by atoms with Crippen molar-refractivity contribution in [3.8, 4) is 0 Å². The minimum atomic E-state index is -0.320. The van der Waals surface area contributed by atoms with Gasteiger partial charge in [-0.3, -0.25) is 9.69 Å². The molecule has 0 spiro atoms. The SMILES string of the molecule is O=C(N[C@H]1CC[C@@H]2CN(Cc3ccccc3)C[C@H]21)C1(c2ccccc2)CCCCC1. The number of fused-ring (bicyclic) bond motifs is 1. The molecule has 2 saturated carbocycles. The Hall–Kier alpha value is -2.13. The molecule has 0 bridgehead atoms. The summed E-state index contributed by atoms with van der Waals surface area (Å²) in [6.07, 6.45) is 7.94. The third-order valence-corrected chi connectivity index (χ3v) is 7.97. The van der Waals surface area contributed by atoms with Crippen LogP contribution in [0.1, 0.15) is 56.1 Å². The third kappa shape index (κ3) is 3.80. The summed E-state index contributed by atoms with van der Waals surface area (Å²) < 4.78 is 0. The van der Waals surface area contributed by atoms with Crippen LogP contribution in [0.2, 0.25) is 0 Å². The van der Waals surface area contributed by atoms with Gasteiger partial charge in [0.15, 0.2) is 0 Å². The van der Waals surface area contributed by atoms with Gasteiger partial charge >= 0.3 is 0 Å². The average molecular weight is 403 g/mol. The predicted octanol–water partition coefficient (Wildman–Crippen LogP) is 4.92. The number of hydrogen-bond acceptors (Lipinski definition) is 2. The fraction of sp³-hybridized carbons (Fsp3) is 0.519. The van der Waals surface area contributed by atoms with Gasteiger partial charge in [-0.25, -0.2) is 0 Å². The van der Waals surface area contributed by atoms with E-state index in [-0.39, 0.29) is 5.41 Å². The van der Waals surface area contributed by atoms with Crippen molar-refractivity contribution < 1.29 is 4.79 Å². The van der Waals surface area contributed by atoms with Crippen molar-refractivity contribution in [2.75, 3.05) is 13.1 Å². The topological polar surface area (TPSA) is 32.3 Å². The summed E-state index contributed by atoms with van der Waals surface area (Å²) >= 11 is 0. The summed E-state index contributed by atoms with van der Waals surface area (Å²) in [4.78, 5) is 16.3. The van der Waals surface area contributed by atoms with E-state index in [1.165, 1.54) is 30.5 Å². The summed E-state index contributed by atoms with van der Waals surface area (Å²) in [5.41, 5.74) is 2.29. The van der Waals surface area contributed by atoms with Gasteiger partial charge in [-0.15, -0.1) is 0 Å². The molecule has 2 aromatic rings. The normalized spacial score (nSPS) is 28.2. The highest BCUT2D eigenvalue weighted by atomic mass is 16.2. The van der Waals surface area contributed by atoms with Gasteiger partial charge in [0.1, 0.15) is 0 Å². The van der Waals surface area contributed by atoms with Gasteiger partial charge in [-0.05, 0) is 48.6 Å². The van der Waals surface area contributed by atoms with Crippen molar-refractivity contribution in [2.45, 2.75) is 62.9 Å². The van der Waals surface area contributed by atoms with Crippen LogP contribution in [0.15, 0.2) is 60.7 Å². The van der Waals surface area contributed by atoms with Crippen molar-refractivity contribution >= 4 is 5.91 Å². The molecule has 1 N–H and O–H groups in total. The average Bonchev–Trinajstić information content (AvgIpc) is 3.36. The summed E-state index contributed by atoms with van der Waals surface area (Å²) in [7, 11) is 0. The predicted molar refractivity (Wildman–Crippen MR) is 121 cm³/mol. The van der Waals surface area contributed by atoms with E-state index < -0.39 is 0 Å². The van der Waals surface area contributed by atoms with E-state index in [9.17, 15) is 4.79 Å². The number of nitrogens with one attached hydrogen (secondary N) is 1. The second kappa shape index (κ2) is 8.55. The highest BCUT2D eigenvalue weighted by molar-refractivity contribution is 5.88. The van der Waals surface area contributed by atoms with Gasteiger partial charge < -0.3 is 5.32 Å². The van der Waals surface area contributed by atoms with Crippen molar-refractivity contribution in [2.24, 2.45) is 11.8 Å². The molecule has 3 atom stereocenters. The van der Waals surface area contributed by atoms with Crippen LogP contribution in [0.25, 0.3) is 0 Å². The molecule has 3 nitrogen and oxygen atoms in total. The Labute approximate surface area is 180 Å². The number of nitrogens with zero attached hydrogens (tertiary/aromatic N) is 1. The Morgan fingerprint density at radius 2 is 1.60 bits per heavy atom. The number of carbonyl (C=O) groups is 1. The quantitative estimate of drug-likeness (QED) is 0.770. The molecule has 5 rings (SSSR count). The van der Waals surface area contributed by atoms with Crippen molar-refractivity contribution in [1.82, 2.24) is 10.2 Å². The maximum atomic E-state index is 13.7. The summed E-state index contributed by atoms with van der Waals surface area (Å²) in [5.74, 6) is 1.63. The van der Waals surface area contributed by atoms with E-state index in [2.05, 4.69) is 70.9 Å². The van der Waals surface area contributed by atoms with Gasteiger partial charge in [0.2, 0.25) is 5.91 Å². The first-order valence-corrected chi connectivity index (χ1v) is 11.9. The van der Waals surface area contributed by atoms with Gasteiger partial charge in [0.25, 0.3) is 0 Å². The molecule has 3 aliphatic rings. The van der Waals surface area contributed by atoms with Gasteiger partial charge in [-0.1, -0.05) is 79.9 Å². The van der Waals surface area contributed by atoms with Crippen LogP contribution < -0.4 is 5.32 Å². The molecule has 0 radical (unpaired) electrons. The molecular formula is C27H34N2O. The van der Waals surface area contributed by atoms with Crippen LogP contribution in [0, 0.1) is 11.8 Å². The number of hydrogen-bond donors (Lipinski definition) is 1. The summed E-state index contributed by atoms with van der Waals surface area (Å²) in [5, 5.41) is 3.58. The minimum absolute atomic E-state index is 0.292. The lowest BCUT2D eigenvalue weighted by Crippen LogP contribution is -2.50. The standard InChI is InChI=1S/C27H34N2O/c30-26(27(16-8-3-9-17-27)23-12-6-2-7-13-23)28-25-15-14-22-19-29(20-24(22)25)18-21-10-4-1-5-11-21/h1-2,4-7,10-13,22,24-25H,3,8-9,14-20H2,(H,28,30)/t22-,24-,25+/m1/s1. The van der Waals surface area contributed by atoms with Crippen LogP contribution in [0.5, 0.6) is 0 Å². The second-order valence-corrected chi connectivity index (χ2v) is 9.77. The Kier molecular flexibility index (Phi) is 5.64. The molecule has 1 amide bonds. The van der Waals surface area contributed by atoms with Crippen molar-refractivity contribution in [1.29, 1.82) is 0 Å². The Morgan fingerprint density at radius 3 is 2.33 bits per heavy atom. The van der Waals surface area contributed by atoms with Gasteiger partial charge in [0.05, 0.1) is 5.41 Å². The molecule has 0 unspecified atom stereocenters. The van der Waals surface area contributed by atoms with E-state index in [1.807, 2.05) is 0 Å². The third-order valence-electron chi connectivity index (χ3n) is 7.97. The Bertz CT molecular complexity index is 844. The number of likely N-dealkylation sites (tertiary alicyclic amines) is 1. The lowest BCUT2D eigenvalue weighted by molar-refractivity contribution is -0.129. The smallest absolute Gasteiger partial charge is 0.230 e. The zero-order valence-electron chi connectivity index (χ0n) is 17.9. The van der Waals surface area contributed by atoms with Crippen LogP contribution in [0.3, 0.4) is 0 Å². The number of carbonyl (C=O) groups excluding carboxylic acids is 1. The van der Waals surface area contributed by atoms with E-state index in [1.54, 1.807) is 0 Å². The van der Waals surface area contributed by atoms with Gasteiger partial charge in [0, 0.05) is 25.7 Å². The van der Waals surface area contributed by atoms with E-state index in [4.69, 9.17) is 0 Å². The van der Waals surface area contributed by atoms with Crippen LogP contribution in [-0.4, -0.2) is 29.9 Å². The largest absolute Gasteiger partial charge is 0.352 e. The molecule has 1 saturated heterocycles. The van der Waals surface area contributed by atoms with E-state index >= 15 is 0 Å². The van der Waals surface area contributed by atoms with Gasteiger partial charge in [-0.2, -0.15) is 0 Å². The highest BCUT2D eigenvalue weighted by Gasteiger charge is 2.46. The fourth-order valence-corrected chi connectivity index (χ4v) is 6.37. The molecule has 2 aromatic carbocycles. The van der Waals surface area contributed by atoms with E-state index in [0.29, 0.717) is 17.9 Å². The number of rotatable bonds is 5. The molecule has 3 fully saturated rings. The molecule has 2 aliphatic carbocycles. The molecule has 0 aromatic heterocycles. The first-order chi connectivity index (χ1) is 14.7. The van der Waals surface area contributed by atoms with Crippen molar-refractivity contribution in [3.63, 3.8) is 0 Å². The second-order valence-electron chi connectivity index (χ2n) is 9.77. The van der Waals surface area contributed by atoms with Crippen LogP contribution in [-0.2, 0) is 16.8 Å². The monoisotopic (exact) mass is 402 g/mol. The summed E-state index contributed by atoms with van der Waals surface area (Å²) in [6.45, 7) is 3.32. The van der Waals surface area contributed by atoms with E-state index in [0.717, 1.165) is 51.1 Å². The Balaban J connectivity index is 1.28. The Morgan fingerprint density at radius 1 is 0.900 bits per heavy atom. The van der Waals surface area contributed by atoms with Crippen molar-refractivity contribution in [3.05, 3.63) is 71.8 Å².